The summed E-state index contributed by atoms with van der Waals surface area (Å²) in [6, 6.07) is 3.52. The quantitative estimate of drug-likeness (QED) is 0.285. The predicted molar refractivity (Wildman–Crippen MR) is 135 cm³/mol. The smallest absolute Gasteiger partial charge is 0.407 e. The summed E-state index contributed by atoms with van der Waals surface area (Å²) in [6.07, 6.45) is -0.893. The summed E-state index contributed by atoms with van der Waals surface area (Å²) in [5.74, 6) is 0.451. The number of alkyl carbamates (subject to hydrolysis) is 1. The van der Waals surface area contributed by atoms with Gasteiger partial charge in [0.2, 0.25) is 0 Å². The minimum atomic E-state index is -1.23. The number of aliphatic hydroxyl groups excluding tert-OH is 1. The number of guanidine groups is 2. The summed E-state index contributed by atoms with van der Waals surface area (Å²) in [6.45, 7) is 6.95. The fraction of sp³-hybridized carbons (Fsp3) is 0.583. The van der Waals surface area contributed by atoms with E-state index in [1.165, 1.54) is 0 Å². The van der Waals surface area contributed by atoms with Crippen molar-refractivity contribution < 1.29 is 24.2 Å². The molecule has 4 aliphatic heterocycles. The summed E-state index contributed by atoms with van der Waals surface area (Å²) < 4.78 is 10.8. The van der Waals surface area contributed by atoms with Gasteiger partial charge in [-0.15, -0.1) is 0 Å². The summed E-state index contributed by atoms with van der Waals surface area (Å²) in [5.41, 5.74) is 12.4. The molecule has 5 atom stereocenters. The van der Waals surface area contributed by atoms with Crippen molar-refractivity contribution in [3.05, 3.63) is 29.3 Å². The van der Waals surface area contributed by atoms with E-state index in [0.717, 1.165) is 12.0 Å². The molecule has 3 unspecified atom stereocenters. The van der Waals surface area contributed by atoms with Gasteiger partial charge in [0.05, 0.1) is 30.9 Å². The number of hydrogen-bond donors (Lipinski definition) is 6. The third-order valence-electron chi connectivity index (χ3n) is 7.66. The van der Waals surface area contributed by atoms with Crippen LogP contribution in [0.15, 0.2) is 28.2 Å². The van der Waals surface area contributed by atoms with E-state index in [1.807, 2.05) is 12.1 Å². The molecular formula is C24H34N8O5. The maximum absolute atomic E-state index is 13.5. The number of carbonyl (C=O) groups excluding carboxylic acids is 2. The number of nitrogens with two attached hydrogens (primary N) is 2. The number of para-hydroxylation sites is 1. The van der Waals surface area contributed by atoms with Crippen LogP contribution in [0.4, 0.5) is 4.79 Å². The van der Waals surface area contributed by atoms with Crippen LogP contribution < -0.4 is 32.2 Å². The SMILES string of the molecule is CCOC(=O)NC[C@@H]1N=C(N)N2CC(NC(=O)c3cccc4c3OCCC4(C)C)[C@@H](O)C23NC(N)=NC13. The zero-order valence-electron chi connectivity index (χ0n) is 21.2. The minimum Gasteiger partial charge on any atom is -0.492 e. The zero-order valence-corrected chi connectivity index (χ0v) is 21.2. The van der Waals surface area contributed by atoms with Crippen LogP contribution in [-0.4, -0.2) is 90.1 Å². The fourth-order valence-corrected chi connectivity index (χ4v) is 5.77. The fourth-order valence-electron chi connectivity index (χ4n) is 5.77. The zero-order chi connectivity index (χ0) is 26.5. The van der Waals surface area contributed by atoms with Crippen LogP contribution in [0.1, 0.15) is 43.1 Å². The molecule has 0 bridgehead atoms. The van der Waals surface area contributed by atoms with Crippen LogP contribution in [0.3, 0.4) is 0 Å². The molecular weight excluding hydrogens is 480 g/mol. The molecule has 0 aliphatic carbocycles. The number of aliphatic imine (C=N–C) groups is 2. The molecule has 4 heterocycles. The Balaban J connectivity index is 1.39. The van der Waals surface area contributed by atoms with Crippen molar-refractivity contribution in [3.8, 4) is 5.75 Å². The summed E-state index contributed by atoms with van der Waals surface area (Å²) in [4.78, 5) is 36.0. The van der Waals surface area contributed by atoms with E-state index in [2.05, 4.69) is 39.8 Å². The Labute approximate surface area is 214 Å². The lowest BCUT2D eigenvalue weighted by Crippen LogP contribution is -2.73. The topological polar surface area (TPSA) is 189 Å². The van der Waals surface area contributed by atoms with Crippen LogP contribution in [0.2, 0.25) is 0 Å². The van der Waals surface area contributed by atoms with Crippen molar-refractivity contribution in [2.45, 2.75) is 62.5 Å². The molecule has 13 nitrogen and oxygen atoms in total. The third-order valence-corrected chi connectivity index (χ3v) is 7.66. The number of rotatable bonds is 5. The van der Waals surface area contributed by atoms with Gasteiger partial charge >= 0.3 is 6.09 Å². The first-order valence-electron chi connectivity index (χ1n) is 12.5. The Morgan fingerprint density at radius 3 is 2.86 bits per heavy atom. The van der Waals surface area contributed by atoms with E-state index in [4.69, 9.17) is 20.9 Å². The standard InChI is InChI=1S/C24H34N8O5/c1-4-36-22(35)27-10-14-17-24(31-20(25)30-17)18(33)15(11-32(24)21(26)29-14)28-19(34)12-6-5-7-13-16(12)37-9-8-23(13,2)3/h5-7,14-15,17-18,33H,4,8-11H2,1-3H3,(H2,26,29)(H,27,35)(H,28,34)(H3,25,30,31)/t14-,15?,17?,18+,24?/m0/s1. The Morgan fingerprint density at radius 1 is 1.32 bits per heavy atom. The molecule has 8 N–H and O–H groups in total. The number of amides is 2. The first-order valence-corrected chi connectivity index (χ1v) is 12.5. The van der Waals surface area contributed by atoms with Crippen LogP contribution in [0.5, 0.6) is 5.75 Å². The third kappa shape index (κ3) is 3.97. The van der Waals surface area contributed by atoms with Gasteiger partial charge in [0.25, 0.3) is 5.91 Å². The first kappa shape index (κ1) is 24.9. The molecule has 5 rings (SSSR count). The van der Waals surface area contributed by atoms with Crippen molar-refractivity contribution in [2.75, 3.05) is 26.3 Å². The average molecular weight is 515 g/mol. The van der Waals surface area contributed by atoms with Crippen LogP contribution in [0, 0.1) is 0 Å². The second-order valence-electron chi connectivity index (χ2n) is 10.4. The Bertz CT molecular complexity index is 1170. The van der Waals surface area contributed by atoms with Gasteiger partial charge < -0.3 is 46.9 Å². The second kappa shape index (κ2) is 8.98. The van der Waals surface area contributed by atoms with Crippen molar-refractivity contribution >= 4 is 23.9 Å². The number of fused-ring (bicyclic) bond motifs is 1. The van der Waals surface area contributed by atoms with Crippen molar-refractivity contribution in [3.63, 3.8) is 0 Å². The molecule has 1 aromatic rings. The van der Waals surface area contributed by atoms with E-state index in [0.29, 0.717) is 17.9 Å². The molecule has 200 valence electrons. The van der Waals surface area contributed by atoms with Gasteiger partial charge in [-0.25, -0.2) is 14.8 Å². The molecule has 13 heteroatoms. The maximum Gasteiger partial charge on any atom is 0.407 e. The van der Waals surface area contributed by atoms with Crippen LogP contribution in [-0.2, 0) is 10.2 Å². The van der Waals surface area contributed by atoms with Gasteiger partial charge in [-0.05, 0) is 24.8 Å². The molecule has 1 spiro atoms. The maximum atomic E-state index is 13.5. The highest BCUT2D eigenvalue weighted by Gasteiger charge is 2.65. The Kier molecular flexibility index (Phi) is 6.05. The van der Waals surface area contributed by atoms with Gasteiger partial charge in [0.15, 0.2) is 17.6 Å². The molecule has 2 amide bonds. The van der Waals surface area contributed by atoms with Gasteiger partial charge in [-0.1, -0.05) is 26.0 Å². The van der Waals surface area contributed by atoms with Gasteiger partial charge in [-0.2, -0.15) is 0 Å². The van der Waals surface area contributed by atoms with E-state index < -0.39 is 36.0 Å². The molecule has 4 aliphatic rings. The monoisotopic (exact) mass is 514 g/mol. The van der Waals surface area contributed by atoms with Gasteiger partial charge in [0.1, 0.15) is 17.9 Å². The summed E-state index contributed by atoms with van der Waals surface area (Å²) in [7, 11) is 0. The van der Waals surface area contributed by atoms with Crippen molar-refractivity contribution in [1.29, 1.82) is 0 Å². The number of hydrogen-bond acceptors (Lipinski definition) is 11. The number of ether oxygens (including phenoxy) is 2. The largest absolute Gasteiger partial charge is 0.492 e. The summed E-state index contributed by atoms with van der Waals surface area (Å²) >= 11 is 0. The van der Waals surface area contributed by atoms with Crippen LogP contribution >= 0.6 is 0 Å². The highest BCUT2D eigenvalue weighted by Crippen LogP contribution is 2.42. The highest BCUT2D eigenvalue weighted by atomic mass is 16.5. The molecule has 1 aromatic carbocycles. The summed E-state index contributed by atoms with van der Waals surface area (Å²) in [5, 5.41) is 20.3. The van der Waals surface area contributed by atoms with Gasteiger partial charge in [-0.3, -0.25) is 4.79 Å². The minimum absolute atomic E-state index is 0.0747. The van der Waals surface area contributed by atoms with E-state index in [1.54, 1.807) is 17.9 Å². The molecule has 0 radical (unpaired) electrons. The lowest BCUT2D eigenvalue weighted by Gasteiger charge is -2.46. The number of nitrogens with zero attached hydrogens (tertiary/aromatic N) is 3. The second-order valence-corrected chi connectivity index (χ2v) is 10.4. The number of nitrogens with one attached hydrogen (secondary N) is 3. The average Bonchev–Trinajstić information content (AvgIpc) is 3.34. The Hall–Kier alpha value is -3.74. The first-order chi connectivity index (χ1) is 17.6. The highest BCUT2D eigenvalue weighted by molar-refractivity contribution is 5.98. The lowest BCUT2D eigenvalue weighted by atomic mass is 9.79. The number of aliphatic hydroxyl groups is 1. The number of carbonyl (C=O) groups is 2. The predicted octanol–water partition coefficient (Wildman–Crippen LogP) is -1.05. The Morgan fingerprint density at radius 2 is 2.11 bits per heavy atom. The van der Waals surface area contributed by atoms with E-state index in [9.17, 15) is 14.7 Å². The number of benzene rings is 1. The molecule has 1 saturated heterocycles. The van der Waals surface area contributed by atoms with Crippen molar-refractivity contribution in [2.24, 2.45) is 21.5 Å². The van der Waals surface area contributed by atoms with Gasteiger partial charge in [0, 0.05) is 18.7 Å². The molecule has 0 saturated carbocycles. The van der Waals surface area contributed by atoms with E-state index >= 15 is 0 Å². The van der Waals surface area contributed by atoms with Crippen LogP contribution in [0.25, 0.3) is 0 Å². The molecule has 0 aromatic heterocycles. The van der Waals surface area contributed by atoms with E-state index in [-0.39, 0.29) is 42.9 Å². The van der Waals surface area contributed by atoms with Crippen molar-refractivity contribution in [1.82, 2.24) is 20.9 Å². The molecule has 37 heavy (non-hydrogen) atoms. The normalized spacial score (nSPS) is 31.0. The molecule has 1 fully saturated rings. The lowest BCUT2D eigenvalue weighted by molar-refractivity contribution is 0.0143.